The van der Waals surface area contributed by atoms with Gasteiger partial charge in [0.05, 0.1) is 0 Å². The Morgan fingerprint density at radius 2 is 2.44 bits per heavy atom. The summed E-state index contributed by atoms with van der Waals surface area (Å²) in [6.45, 7) is 4.84. The quantitative estimate of drug-likeness (QED) is 0.766. The van der Waals surface area contributed by atoms with E-state index >= 15 is 0 Å². The molecule has 0 unspecified atom stereocenters. The molecule has 0 fully saturated rings. The Balaban J connectivity index is 2.21. The van der Waals surface area contributed by atoms with Gasteiger partial charge in [-0.3, -0.25) is 9.69 Å². The molecule has 0 saturated heterocycles. The SMILES string of the molecule is C=CC(=O)Nc1ccc2c(c1)CN(C)CO2. The third kappa shape index (κ3) is 2.23. The van der Waals surface area contributed by atoms with Crippen LogP contribution in [0.25, 0.3) is 0 Å². The average molecular weight is 218 g/mol. The van der Waals surface area contributed by atoms with Crippen LogP contribution in [0.15, 0.2) is 30.9 Å². The van der Waals surface area contributed by atoms with E-state index in [1.807, 2.05) is 25.2 Å². The van der Waals surface area contributed by atoms with Crippen LogP contribution >= 0.6 is 0 Å². The monoisotopic (exact) mass is 218 g/mol. The molecule has 1 aromatic rings. The second-order valence-corrected chi connectivity index (χ2v) is 3.80. The Labute approximate surface area is 94.5 Å². The number of nitrogens with one attached hydrogen (secondary N) is 1. The summed E-state index contributed by atoms with van der Waals surface area (Å²) in [5.74, 6) is 0.680. The Hall–Kier alpha value is -1.81. The van der Waals surface area contributed by atoms with Crippen molar-refractivity contribution in [1.29, 1.82) is 0 Å². The highest BCUT2D eigenvalue weighted by Gasteiger charge is 2.14. The van der Waals surface area contributed by atoms with E-state index in [0.717, 1.165) is 23.5 Å². The molecule has 1 aliphatic heterocycles. The predicted octanol–water partition coefficient (Wildman–Crippen LogP) is 1.59. The van der Waals surface area contributed by atoms with Crippen molar-refractivity contribution in [2.45, 2.75) is 6.54 Å². The second kappa shape index (κ2) is 4.37. The van der Waals surface area contributed by atoms with Crippen LogP contribution in [0.4, 0.5) is 5.69 Å². The van der Waals surface area contributed by atoms with Crippen molar-refractivity contribution in [3.8, 4) is 5.75 Å². The smallest absolute Gasteiger partial charge is 0.247 e. The van der Waals surface area contributed by atoms with Gasteiger partial charge in [-0.05, 0) is 31.3 Å². The minimum absolute atomic E-state index is 0.204. The Kier molecular flexibility index (Phi) is 2.92. The van der Waals surface area contributed by atoms with Gasteiger partial charge in [0.15, 0.2) is 0 Å². The van der Waals surface area contributed by atoms with Crippen LogP contribution in [0.5, 0.6) is 5.75 Å². The van der Waals surface area contributed by atoms with Crippen molar-refractivity contribution in [2.24, 2.45) is 0 Å². The molecule has 0 radical (unpaired) electrons. The summed E-state index contributed by atoms with van der Waals surface area (Å²) < 4.78 is 5.52. The van der Waals surface area contributed by atoms with E-state index < -0.39 is 0 Å². The van der Waals surface area contributed by atoms with Crippen molar-refractivity contribution in [2.75, 3.05) is 19.1 Å². The highest BCUT2D eigenvalue weighted by Crippen LogP contribution is 2.27. The minimum atomic E-state index is -0.204. The van der Waals surface area contributed by atoms with Crippen LogP contribution in [0.1, 0.15) is 5.56 Å². The largest absolute Gasteiger partial charge is 0.478 e. The number of hydrogen-bond donors (Lipinski definition) is 1. The molecule has 4 nitrogen and oxygen atoms in total. The fourth-order valence-electron chi connectivity index (χ4n) is 1.63. The molecular formula is C12H14N2O2. The maximum atomic E-state index is 11.1. The van der Waals surface area contributed by atoms with Gasteiger partial charge in [0.25, 0.3) is 0 Å². The van der Waals surface area contributed by atoms with E-state index in [9.17, 15) is 4.79 Å². The Morgan fingerprint density at radius 3 is 3.19 bits per heavy atom. The molecule has 4 heteroatoms. The lowest BCUT2D eigenvalue weighted by Crippen LogP contribution is -2.28. The van der Waals surface area contributed by atoms with E-state index in [-0.39, 0.29) is 5.91 Å². The summed E-state index contributed by atoms with van der Waals surface area (Å²) >= 11 is 0. The van der Waals surface area contributed by atoms with Crippen molar-refractivity contribution in [3.63, 3.8) is 0 Å². The number of ether oxygens (including phenoxy) is 1. The first-order chi connectivity index (χ1) is 7.69. The molecule has 1 N–H and O–H groups in total. The number of hydrogen-bond acceptors (Lipinski definition) is 3. The number of rotatable bonds is 2. The Bertz CT molecular complexity index is 429. The first kappa shape index (κ1) is 10.7. The zero-order chi connectivity index (χ0) is 11.5. The van der Waals surface area contributed by atoms with Crippen LogP contribution < -0.4 is 10.1 Å². The van der Waals surface area contributed by atoms with Crippen LogP contribution in [-0.2, 0) is 11.3 Å². The van der Waals surface area contributed by atoms with Crippen molar-refractivity contribution < 1.29 is 9.53 Å². The molecule has 84 valence electrons. The fourth-order valence-corrected chi connectivity index (χ4v) is 1.63. The molecular weight excluding hydrogens is 204 g/mol. The topological polar surface area (TPSA) is 41.6 Å². The third-order valence-electron chi connectivity index (χ3n) is 2.39. The Morgan fingerprint density at radius 1 is 1.62 bits per heavy atom. The van der Waals surface area contributed by atoms with Crippen LogP contribution in [0.2, 0.25) is 0 Å². The fraction of sp³-hybridized carbons (Fsp3) is 0.250. The van der Waals surface area contributed by atoms with Crippen LogP contribution in [0.3, 0.4) is 0 Å². The number of amides is 1. The standard InChI is InChI=1S/C12H14N2O2/c1-3-12(15)13-10-4-5-11-9(6-10)7-14(2)8-16-11/h3-6H,1,7-8H2,2H3,(H,13,15). The zero-order valence-corrected chi connectivity index (χ0v) is 9.19. The molecule has 1 amide bonds. The molecule has 0 aliphatic carbocycles. The highest BCUT2D eigenvalue weighted by molar-refractivity contribution is 5.98. The van der Waals surface area contributed by atoms with Gasteiger partial charge in [-0.1, -0.05) is 6.58 Å². The second-order valence-electron chi connectivity index (χ2n) is 3.80. The van der Waals surface area contributed by atoms with Crippen LogP contribution in [0, 0.1) is 0 Å². The maximum Gasteiger partial charge on any atom is 0.247 e. The van der Waals surface area contributed by atoms with E-state index in [1.54, 1.807) is 0 Å². The normalized spacial score (nSPS) is 14.8. The average Bonchev–Trinajstić information content (AvgIpc) is 2.28. The summed E-state index contributed by atoms with van der Waals surface area (Å²) in [7, 11) is 1.98. The number of carbonyl (C=O) groups excluding carboxylic acids is 1. The van der Waals surface area contributed by atoms with Gasteiger partial charge in [-0.25, -0.2) is 0 Å². The lowest BCUT2D eigenvalue weighted by atomic mass is 10.1. The third-order valence-corrected chi connectivity index (χ3v) is 2.39. The van der Waals surface area contributed by atoms with Crippen molar-refractivity contribution in [1.82, 2.24) is 4.90 Å². The molecule has 0 atom stereocenters. The molecule has 1 aromatic carbocycles. The van der Waals surface area contributed by atoms with Crippen LogP contribution in [-0.4, -0.2) is 24.6 Å². The minimum Gasteiger partial charge on any atom is -0.478 e. The van der Waals surface area contributed by atoms with Gasteiger partial charge < -0.3 is 10.1 Å². The summed E-state index contributed by atoms with van der Waals surface area (Å²) in [5.41, 5.74) is 1.85. The lowest BCUT2D eigenvalue weighted by Gasteiger charge is -2.25. The van der Waals surface area contributed by atoms with Gasteiger partial charge in [0.2, 0.25) is 5.91 Å². The van der Waals surface area contributed by atoms with Crippen molar-refractivity contribution >= 4 is 11.6 Å². The molecule has 0 aromatic heterocycles. The van der Waals surface area contributed by atoms with Gasteiger partial charge in [0, 0.05) is 17.8 Å². The van der Waals surface area contributed by atoms with Gasteiger partial charge in [0.1, 0.15) is 12.5 Å². The molecule has 0 spiro atoms. The summed E-state index contributed by atoms with van der Waals surface area (Å²) in [6, 6.07) is 5.62. The van der Waals surface area contributed by atoms with Gasteiger partial charge in [-0.15, -0.1) is 0 Å². The van der Waals surface area contributed by atoms with Crippen molar-refractivity contribution in [3.05, 3.63) is 36.4 Å². The number of fused-ring (bicyclic) bond motifs is 1. The van der Waals surface area contributed by atoms with Gasteiger partial charge >= 0.3 is 0 Å². The molecule has 1 aliphatic rings. The highest BCUT2D eigenvalue weighted by atomic mass is 16.5. The number of carbonyl (C=O) groups is 1. The summed E-state index contributed by atoms with van der Waals surface area (Å²) in [4.78, 5) is 13.2. The lowest BCUT2D eigenvalue weighted by molar-refractivity contribution is -0.111. The number of benzene rings is 1. The molecule has 0 bridgehead atoms. The predicted molar refractivity (Wildman–Crippen MR) is 62.2 cm³/mol. The number of nitrogens with zero attached hydrogens (tertiary/aromatic N) is 1. The number of anilines is 1. The summed E-state index contributed by atoms with van der Waals surface area (Å²) in [5, 5.41) is 2.73. The molecule has 0 saturated carbocycles. The van der Waals surface area contributed by atoms with E-state index in [1.165, 1.54) is 6.08 Å². The van der Waals surface area contributed by atoms with E-state index in [0.29, 0.717) is 6.73 Å². The molecule has 16 heavy (non-hydrogen) atoms. The molecule has 1 heterocycles. The summed E-state index contributed by atoms with van der Waals surface area (Å²) in [6.07, 6.45) is 1.25. The maximum absolute atomic E-state index is 11.1. The van der Waals surface area contributed by atoms with E-state index in [4.69, 9.17) is 4.74 Å². The van der Waals surface area contributed by atoms with E-state index in [2.05, 4.69) is 16.8 Å². The first-order valence-electron chi connectivity index (χ1n) is 5.07. The van der Waals surface area contributed by atoms with Gasteiger partial charge in [-0.2, -0.15) is 0 Å². The molecule has 2 rings (SSSR count). The zero-order valence-electron chi connectivity index (χ0n) is 9.19. The first-order valence-corrected chi connectivity index (χ1v) is 5.07.